The van der Waals surface area contributed by atoms with Crippen LogP contribution in [0.15, 0.2) is 23.1 Å². The smallest absolute Gasteiger partial charge is 0.266 e. The summed E-state index contributed by atoms with van der Waals surface area (Å²) in [6.45, 7) is 1.62. The first kappa shape index (κ1) is 11.9. The Morgan fingerprint density at radius 3 is 2.85 bits per heavy atom. The highest BCUT2D eigenvalue weighted by Gasteiger charge is 2.38. The predicted octanol–water partition coefficient (Wildman–Crippen LogP) is 0.393. The number of nitrogens with one attached hydrogen (secondary N) is 1. The van der Waals surface area contributed by atoms with Gasteiger partial charge < -0.3 is 19.7 Å². The van der Waals surface area contributed by atoms with Gasteiger partial charge in [-0.15, -0.1) is 0 Å². The average molecular weight is 273 g/mol. The van der Waals surface area contributed by atoms with Crippen molar-refractivity contribution in [1.82, 2.24) is 9.97 Å². The van der Waals surface area contributed by atoms with Gasteiger partial charge in [-0.1, -0.05) is 0 Å². The van der Waals surface area contributed by atoms with Crippen LogP contribution in [0.4, 0.5) is 5.69 Å². The van der Waals surface area contributed by atoms with Crippen LogP contribution in [-0.2, 0) is 11.3 Å². The highest BCUT2D eigenvalue weighted by molar-refractivity contribution is 5.82. The molecule has 3 fully saturated rings. The number of nitrogens with zero attached hydrogens (tertiary/aromatic N) is 2. The largest absolute Gasteiger partial charge is 0.392 e. The second-order valence-electron chi connectivity index (χ2n) is 5.43. The number of hydrogen-bond acceptors (Lipinski definition) is 5. The number of rotatable bonds is 2. The van der Waals surface area contributed by atoms with E-state index in [-0.39, 0.29) is 12.2 Å². The fourth-order valence-electron chi connectivity index (χ4n) is 3.07. The number of aliphatic hydroxyl groups excluding tert-OH is 1. The lowest BCUT2D eigenvalue weighted by Crippen LogP contribution is -2.57. The van der Waals surface area contributed by atoms with Crippen LogP contribution in [-0.4, -0.2) is 40.4 Å². The third-order valence-electron chi connectivity index (χ3n) is 4.05. The molecule has 6 nitrogen and oxygen atoms in total. The Morgan fingerprint density at radius 2 is 2.15 bits per heavy atom. The van der Waals surface area contributed by atoms with Crippen LogP contribution >= 0.6 is 0 Å². The highest BCUT2D eigenvalue weighted by atomic mass is 16.5. The number of benzene rings is 1. The van der Waals surface area contributed by atoms with Crippen LogP contribution < -0.4 is 10.5 Å². The minimum atomic E-state index is -0.257. The van der Waals surface area contributed by atoms with E-state index in [1.54, 1.807) is 0 Å². The van der Waals surface area contributed by atoms with Gasteiger partial charge in [-0.3, -0.25) is 4.79 Å². The van der Waals surface area contributed by atoms with Crippen molar-refractivity contribution in [3.8, 4) is 0 Å². The Hall–Kier alpha value is -1.92. The number of H-pyrrole nitrogens is 1. The van der Waals surface area contributed by atoms with Crippen molar-refractivity contribution in [2.75, 3.05) is 18.0 Å². The number of ether oxygens (including phenoxy) is 1. The maximum atomic E-state index is 11.4. The summed E-state index contributed by atoms with van der Waals surface area (Å²) >= 11 is 0. The predicted molar refractivity (Wildman–Crippen MR) is 73.8 cm³/mol. The molecule has 1 aromatic heterocycles. The van der Waals surface area contributed by atoms with Crippen LogP contribution in [0.3, 0.4) is 0 Å². The summed E-state index contributed by atoms with van der Waals surface area (Å²) in [6, 6.07) is 3.87. The quantitative estimate of drug-likeness (QED) is 0.827. The molecule has 2 N–H and O–H groups in total. The van der Waals surface area contributed by atoms with Crippen molar-refractivity contribution in [2.45, 2.75) is 25.2 Å². The molecule has 20 heavy (non-hydrogen) atoms. The van der Waals surface area contributed by atoms with E-state index in [1.807, 2.05) is 12.1 Å². The van der Waals surface area contributed by atoms with Crippen LogP contribution in [0, 0.1) is 0 Å². The Labute approximate surface area is 115 Å². The number of morpholine rings is 1. The molecule has 0 aliphatic carbocycles. The molecular weight excluding hydrogens is 258 g/mol. The first-order chi connectivity index (χ1) is 9.72. The molecule has 0 radical (unpaired) electrons. The van der Waals surface area contributed by atoms with Crippen LogP contribution in [0.2, 0.25) is 0 Å². The summed E-state index contributed by atoms with van der Waals surface area (Å²) in [6.07, 6.45) is 3.06. The second kappa shape index (κ2) is 4.29. The maximum Gasteiger partial charge on any atom is 0.266 e. The van der Waals surface area contributed by atoms with Gasteiger partial charge in [0.1, 0.15) is 0 Å². The Morgan fingerprint density at radius 1 is 1.40 bits per heavy atom. The summed E-state index contributed by atoms with van der Waals surface area (Å²) in [5.41, 5.74) is 2.78. The van der Waals surface area contributed by atoms with Gasteiger partial charge in [0.25, 0.3) is 5.56 Å². The molecule has 104 valence electrons. The monoisotopic (exact) mass is 273 g/mol. The molecule has 0 saturated carbocycles. The number of aromatic nitrogens is 2. The molecule has 2 unspecified atom stereocenters. The number of hydrogen-bond donors (Lipinski definition) is 2. The normalized spacial score (nSPS) is 24.8. The molecule has 3 aliphatic heterocycles. The van der Waals surface area contributed by atoms with Gasteiger partial charge >= 0.3 is 0 Å². The van der Waals surface area contributed by atoms with Crippen molar-refractivity contribution in [3.05, 3.63) is 34.2 Å². The van der Waals surface area contributed by atoms with E-state index in [9.17, 15) is 9.90 Å². The summed E-state index contributed by atoms with van der Waals surface area (Å²) in [5.74, 6) is 0. The Bertz CT molecular complexity index is 711. The summed E-state index contributed by atoms with van der Waals surface area (Å²) in [4.78, 5) is 20.5. The topological polar surface area (TPSA) is 78.5 Å². The van der Waals surface area contributed by atoms with E-state index in [1.165, 1.54) is 6.20 Å². The van der Waals surface area contributed by atoms with Crippen LogP contribution in [0.1, 0.15) is 12.0 Å². The molecule has 4 heterocycles. The minimum absolute atomic E-state index is 0.122. The van der Waals surface area contributed by atoms with E-state index >= 15 is 0 Å². The van der Waals surface area contributed by atoms with Gasteiger partial charge in [0.15, 0.2) is 0 Å². The molecule has 3 aliphatic rings. The Balaban J connectivity index is 1.80. The van der Waals surface area contributed by atoms with E-state index in [0.717, 1.165) is 25.2 Å². The highest BCUT2D eigenvalue weighted by Crippen LogP contribution is 2.32. The first-order valence-electron chi connectivity index (χ1n) is 6.76. The van der Waals surface area contributed by atoms with E-state index in [2.05, 4.69) is 14.9 Å². The third-order valence-corrected chi connectivity index (χ3v) is 4.05. The molecule has 0 amide bonds. The summed E-state index contributed by atoms with van der Waals surface area (Å²) < 4.78 is 5.63. The van der Waals surface area contributed by atoms with Crippen molar-refractivity contribution >= 4 is 16.7 Å². The lowest BCUT2D eigenvalue weighted by Gasteiger charge is -2.48. The zero-order valence-corrected chi connectivity index (χ0v) is 10.9. The SMILES string of the molecule is O=c1cnc2cc(N3CC4CC(C3)O4)cc(CO)c2[nH]1. The van der Waals surface area contributed by atoms with Gasteiger partial charge in [-0.2, -0.15) is 0 Å². The summed E-state index contributed by atoms with van der Waals surface area (Å²) in [5, 5.41) is 9.52. The average Bonchev–Trinajstić information content (AvgIpc) is 2.45. The number of aliphatic hydroxyl groups is 1. The molecule has 0 spiro atoms. The lowest BCUT2D eigenvalue weighted by molar-refractivity contribution is -0.133. The lowest BCUT2D eigenvalue weighted by atomic mass is 9.98. The number of aromatic amines is 1. The molecule has 6 heteroatoms. The third kappa shape index (κ3) is 1.80. The van der Waals surface area contributed by atoms with Crippen LogP contribution in [0.5, 0.6) is 0 Å². The van der Waals surface area contributed by atoms with E-state index in [0.29, 0.717) is 28.8 Å². The molecule has 2 bridgehead atoms. The van der Waals surface area contributed by atoms with Crippen molar-refractivity contribution in [3.63, 3.8) is 0 Å². The molecular formula is C14H15N3O3. The van der Waals surface area contributed by atoms with Crippen molar-refractivity contribution in [1.29, 1.82) is 0 Å². The van der Waals surface area contributed by atoms with Crippen LogP contribution in [0.25, 0.3) is 11.0 Å². The van der Waals surface area contributed by atoms with Crippen molar-refractivity contribution in [2.24, 2.45) is 0 Å². The standard InChI is InChI=1S/C14H15N3O3/c18-7-8-1-9(17-5-10-3-11(6-17)20-10)2-12-14(8)16-13(19)4-15-12/h1-2,4,10-11,18H,3,5-7H2,(H,16,19). The fraction of sp³-hybridized carbons (Fsp3) is 0.429. The first-order valence-corrected chi connectivity index (χ1v) is 6.76. The minimum Gasteiger partial charge on any atom is -0.392 e. The molecule has 3 saturated heterocycles. The van der Waals surface area contributed by atoms with E-state index < -0.39 is 0 Å². The molecule has 5 rings (SSSR count). The van der Waals surface area contributed by atoms with E-state index in [4.69, 9.17) is 4.74 Å². The number of fused-ring (bicyclic) bond motifs is 3. The second-order valence-corrected chi connectivity index (χ2v) is 5.43. The summed E-state index contributed by atoms with van der Waals surface area (Å²) in [7, 11) is 0. The van der Waals surface area contributed by atoms with Gasteiger partial charge in [0, 0.05) is 30.8 Å². The zero-order valence-electron chi connectivity index (χ0n) is 10.9. The van der Waals surface area contributed by atoms with Gasteiger partial charge in [0.2, 0.25) is 0 Å². The van der Waals surface area contributed by atoms with Gasteiger partial charge in [0.05, 0.1) is 36.0 Å². The molecule has 1 aromatic carbocycles. The fourth-order valence-corrected chi connectivity index (χ4v) is 3.07. The maximum absolute atomic E-state index is 11.4. The molecule has 2 atom stereocenters. The molecule has 2 aromatic rings. The number of piperidine rings is 1. The van der Waals surface area contributed by atoms with Gasteiger partial charge in [-0.25, -0.2) is 4.98 Å². The Kier molecular flexibility index (Phi) is 2.55. The van der Waals surface area contributed by atoms with Gasteiger partial charge in [-0.05, 0) is 12.1 Å². The van der Waals surface area contributed by atoms with Crippen molar-refractivity contribution < 1.29 is 9.84 Å². The number of anilines is 1. The zero-order chi connectivity index (χ0) is 13.7.